The molecule has 1 rings (SSSR count). The maximum Gasteiger partial charge on any atom is 0.329 e. The van der Waals surface area contributed by atoms with Gasteiger partial charge in [0.2, 0.25) is 0 Å². The Morgan fingerprint density at radius 3 is 2.11 bits per heavy atom. The van der Waals surface area contributed by atoms with Gasteiger partial charge in [0.25, 0.3) is 0 Å². The van der Waals surface area contributed by atoms with Gasteiger partial charge in [0, 0.05) is 5.69 Å². The van der Waals surface area contributed by atoms with E-state index in [1.807, 2.05) is 38.1 Å². The molecule has 0 saturated heterocycles. The molecule has 0 aliphatic carbocycles. The summed E-state index contributed by atoms with van der Waals surface area (Å²) in [6.45, 7) is 4.01. The van der Waals surface area contributed by atoms with E-state index in [1.54, 1.807) is 7.11 Å². The number of aliphatic carboxylic acids is 1. The van der Waals surface area contributed by atoms with Crippen molar-refractivity contribution in [3.05, 3.63) is 24.3 Å². The molecule has 0 aliphatic heterocycles. The van der Waals surface area contributed by atoms with Crippen LogP contribution < -0.4 is 10.1 Å². The van der Waals surface area contributed by atoms with E-state index in [2.05, 4.69) is 5.32 Å². The van der Waals surface area contributed by atoms with Gasteiger partial charge < -0.3 is 15.2 Å². The van der Waals surface area contributed by atoms with Crippen molar-refractivity contribution in [3.8, 4) is 5.75 Å². The minimum Gasteiger partial charge on any atom is -0.497 e. The van der Waals surface area contributed by atoms with Gasteiger partial charge in [-0.1, -0.05) is 26.7 Å². The lowest BCUT2D eigenvalue weighted by atomic mass is 9.88. The summed E-state index contributed by atoms with van der Waals surface area (Å²) in [7, 11) is 1.61. The van der Waals surface area contributed by atoms with Gasteiger partial charge in [-0.3, -0.25) is 0 Å². The van der Waals surface area contributed by atoms with Crippen LogP contribution in [0.3, 0.4) is 0 Å². The van der Waals surface area contributed by atoms with Crippen LogP contribution in [0.2, 0.25) is 0 Å². The predicted octanol–water partition coefficient (Wildman–Crippen LogP) is 3.53. The van der Waals surface area contributed by atoms with Crippen molar-refractivity contribution in [3.63, 3.8) is 0 Å². The summed E-state index contributed by atoms with van der Waals surface area (Å²) in [5, 5.41) is 12.8. The van der Waals surface area contributed by atoms with Crippen molar-refractivity contribution in [1.29, 1.82) is 0 Å². The highest BCUT2D eigenvalue weighted by Gasteiger charge is 2.36. The van der Waals surface area contributed by atoms with Crippen molar-refractivity contribution >= 4 is 11.7 Å². The molecule has 106 valence electrons. The number of methoxy groups -OCH3 is 1. The molecule has 0 saturated carbocycles. The van der Waals surface area contributed by atoms with E-state index in [0.29, 0.717) is 12.8 Å². The Morgan fingerprint density at radius 1 is 1.21 bits per heavy atom. The molecular weight excluding hydrogens is 242 g/mol. The van der Waals surface area contributed by atoms with Crippen LogP contribution in [0.5, 0.6) is 5.75 Å². The topological polar surface area (TPSA) is 58.6 Å². The fraction of sp³-hybridized carbons (Fsp3) is 0.533. The zero-order valence-electron chi connectivity index (χ0n) is 11.9. The molecule has 4 nitrogen and oxygen atoms in total. The monoisotopic (exact) mass is 265 g/mol. The van der Waals surface area contributed by atoms with Gasteiger partial charge in [-0.05, 0) is 37.1 Å². The van der Waals surface area contributed by atoms with Crippen molar-refractivity contribution in [1.82, 2.24) is 0 Å². The van der Waals surface area contributed by atoms with Crippen molar-refractivity contribution in [2.24, 2.45) is 0 Å². The van der Waals surface area contributed by atoms with Crippen LogP contribution in [0.15, 0.2) is 24.3 Å². The van der Waals surface area contributed by atoms with Gasteiger partial charge in [0.15, 0.2) is 0 Å². The number of carbonyl (C=O) groups is 1. The lowest BCUT2D eigenvalue weighted by Gasteiger charge is -2.31. The largest absolute Gasteiger partial charge is 0.497 e. The molecule has 0 radical (unpaired) electrons. The lowest BCUT2D eigenvalue weighted by Crippen LogP contribution is -2.46. The number of hydrogen-bond acceptors (Lipinski definition) is 3. The molecule has 0 spiro atoms. The first kappa shape index (κ1) is 15.3. The average Bonchev–Trinajstić information content (AvgIpc) is 2.40. The molecule has 0 fully saturated rings. The number of hydrogen-bond donors (Lipinski definition) is 2. The Balaban J connectivity index is 2.94. The minimum atomic E-state index is -0.877. The molecule has 0 aliphatic rings. The summed E-state index contributed by atoms with van der Waals surface area (Å²) in [4.78, 5) is 11.6. The molecule has 4 heteroatoms. The van der Waals surface area contributed by atoms with E-state index in [-0.39, 0.29) is 0 Å². The van der Waals surface area contributed by atoms with Crippen molar-refractivity contribution in [2.75, 3.05) is 12.4 Å². The number of anilines is 1. The first-order valence-electron chi connectivity index (χ1n) is 6.73. The Hall–Kier alpha value is -1.71. The third kappa shape index (κ3) is 3.88. The van der Waals surface area contributed by atoms with Gasteiger partial charge >= 0.3 is 5.97 Å². The Morgan fingerprint density at radius 2 is 1.74 bits per heavy atom. The summed E-state index contributed by atoms with van der Waals surface area (Å²) in [6, 6.07) is 7.35. The highest BCUT2D eigenvalue weighted by Crippen LogP contribution is 2.27. The number of ether oxygens (including phenoxy) is 1. The zero-order valence-corrected chi connectivity index (χ0v) is 11.9. The van der Waals surface area contributed by atoms with Gasteiger partial charge in [0.1, 0.15) is 11.3 Å². The molecule has 1 aromatic rings. The molecule has 2 N–H and O–H groups in total. The van der Waals surface area contributed by atoms with E-state index in [0.717, 1.165) is 24.3 Å². The second kappa shape index (κ2) is 7.02. The molecule has 19 heavy (non-hydrogen) atoms. The van der Waals surface area contributed by atoms with Gasteiger partial charge in [-0.25, -0.2) is 4.79 Å². The highest BCUT2D eigenvalue weighted by atomic mass is 16.5. The normalized spacial score (nSPS) is 11.1. The van der Waals surface area contributed by atoms with Crippen LogP contribution in [0.4, 0.5) is 5.69 Å². The summed E-state index contributed by atoms with van der Waals surface area (Å²) in [5.74, 6) is -0.0236. The summed E-state index contributed by atoms with van der Waals surface area (Å²) in [6.07, 6.45) is 2.88. The predicted molar refractivity (Wildman–Crippen MR) is 76.8 cm³/mol. The SMILES string of the molecule is CCCC(CCC)(Nc1ccc(OC)cc1)C(=O)O. The number of nitrogens with one attached hydrogen (secondary N) is 1. The quantitative estimate of drug-likeness (QED) is 0.755. The number of carboxylic acid groups (broad SMARTS) is 1. The molecule has 0 bridgehead atoms. The maximum atomic E-state index is 11.6. The van der Waals surface area contributed by atoms with E-state index in [9.17, 15) is 9.90 Å². The maximum absolute atomic E-state index is 11.6. The van der Waals surface area contributed by atoms with Gasteiger partial charge in [0.05, 0.1) is 7.11 Å². The van der Waals surface area contributed by atoms with Crippen molar-refractivity contribution < 1.29 is 14.6 Å². The van der Waals surface area contributed by atoms with Gasteiger partial charge in [-0.2, -0.15) is 0 Å². The second-order valence-electron chi connectivity index (χ2n) is 4.74. The zero-order chi connectivity index (χ0) is 14.3. The molecule has 0 heterocycles. The van der Waals surface area contributed by atoms with Crippen LogP contribution in [0, 0.1) is 0 Å². The van der Waals surface area contributed by atoms with E-state index < -0.39 is 11.5 Å². The Bertz CT molecular complexity index is 394. The molecule has 0 amide bonds. The number of rotatable bonds is 8. The average molecular weight is 265 g/mol. The lowest BCUT2D eigenvalue weighted by molar-refractivity contribution is -0.142. The first-order valence-corrected chi connectivity index (χ1v) is 6.73. The summed E-state index contributed by atoms with van der Waals surface area (Å²) >= 11 is 0. The first-order chi connectivity index (χ1) is 9.07. The van der Waals surface area contributed by atoms with Crippen molar-refractivity contribution in [2.45, 2.75) is 45.1 Å². The fourth-order valence-electron chi connectivity index (χ4n) is 2.32. The van der Waals surface area contributed by atoms with E-state index >= 15 is 0 Å². The smallest absolute Gasteiger partial charge is 0.329 e. The Kier molecular flexibility index (Phi) is 5.67. The number of benzene rings is 1. The second-order valence-corrected chi connectivity index (χ2v) is 4.74. The van der Waals surface area contributed by atoms with Crippen LogP contribution in [0.1, 0.15) is 39.5 Å². The summed E-state index contributed by atoms with van der Waals surface area (Å²) < 4.78 is 5.10. The van der Waals surface area contributed by atoms with E-state index in [4.69, 9.17) is 4.74 Å². The van der Waals surface area contributed by atoms with Crippen LogP contribution >= 0.6 is 0 Å². The molecular formula is C15H23NO3. The third-order valence-corrected chi connectivity index (χ3v) is 3.24. The highest BCUT2D eigenvalue weighted by molar-refractivity contribution is 5.82. The van der Waals surface area contributed by atoms with Crippen LogP contribution in [-0.2, 0) is 4.79 Å². The van der Waals surface area contributed by atoms with E-state index in [1.165, 1.54) is 0 Å². The minimum absolute atomic E-state index is 0.613. The molecule has 0 aromatic heterocycles. The summed E-state index contributed by atoms with van der Waals surface area (Å²) in [5.41, 5.74) is -0.0666. The number of carboxylic acids is 1. The third-order valence-electron chi connectivity index (χ3n) is 3.24. The standard InChI is InChI=1S/C15H23NO3/c1-4-10-15(11-5-2,14(17)18)16-12-6-8-13(19-3)9-7-12/h6-9,16H,4-5,10-11H2,1-3H3,(H,17,18). The molecule has 0 unspecified atom stereocenters. The fourth-order valence-corrected chi connectivity index (χ4v) is 2.32. The Labute approximate surface area is 114 Å². The molecule has 1 aromatic carbocycles. The van der Waals surface area contributed by atoms with Crippen LogP contribution in [-0.4, -0.2) is 23.7 Å². The molecule has 0 atom stereocenters. The van der Waals surface area contributed by atoms with Crippen LogP contribution in [0.25, 0.3) is 0 Å². The van der Waals surface area contributed by atoms with Gasteiger partial charge in [-0.15, -0.1) is 0 Å².